The van der Waals surface area contributed by atoms with E-state index >= 15 is 0 Å². The quantitative estimate of drug-likeness (QED) is 0.0346. The number of hydrogen-bond acceptors (Lipinski definition) is 5. The Hall–Kier alpha value is -2.92. The van der Waals surface area contributed by atoms with Crippen molar-refractivity contribution in [1.29, 1.82) is 0 Å². The minimum Gasteiger partial charge on any atom is -0.463 e. The van der Waals surface area contributed by atoms with Crippen LogP contribution in [0.1, 0.15) is 252 Å². The van der Waals surface area contributed by atoms with Crippen molar-refractivity contribution in [1.82, 2.24) is 0 Å². The van der Waals surface area contributed by atoms with E-state index < -0.39 is 6.10 Å². The van der Waals surface area contributed by atoms with E-state index in [-0.39, 0.29) is 25.2 Å². The zero-order chi connectivity index (χ0) is 46.3. The van der Waals surface area contributed by atoms with Crippen LogP contribution >= 0.6 is 0 Å². The van der Waals surface area contributed by atoms with Gasteiger partial charge in [-0.15, -0.1) is 0 Å². The number of rotatable bonds is 49. The molecule has 0 rings (SSSR count). The van der Waals surface area contributed by atoms with Gasteiger partial charge in [0.1, 0.15) is 19.3 Å². The minimum atomic E-state index is -0.439. The number of allylic oxidation sites excluding steroid dienone is 14. The molecule has 368 valence electrons. The predicted octanol–water partition coefficient (Wildman–Crippen LogP) is 18.5. The molecule has 5 nitrogen and oxygen atoms in total. The van der Waals surface area contributed by atoms with Gasteiger partial charge < -0.3 is 14.2 Å². The average Bonchev–Trinajstić information content (AvgIpc) is 3.30. The second kappa shape index (κ2) is 54.4. The second-order valence-corrected chi connectivity index (χ2v) is 17.7. The van der Waals surface area contributed by atoms with E-state index in [0.717, 1.165) is 83.5 Å². The van der Waals surface area contributed by atoms with Gasteiger partial charge in [0.2, 0.25) is 0 Å². The molecule has 0 saturated heterocycles. The number of unbranched alkanes of at least 4 members (excludes halogenated alkanes) is 24. The molecule has 0 aromatic carbocycles. The van der Waals surface area contributed by atoms with Crippen molar-refractivity contribution in [2.75, 3.05) is 19.8 Å². The lowest BCUT2D eigenvalue weighted by Gasteiger charge is -2.18. The van der Waals surface area contributed by atoms with Crippen LogP contribution in [0.4, 0.5) is 0 Å². The van der Waals surface area contributed by atoms with Crippen molar-refractivity contribution < 1.29 is 23.8 Å². The molecule has 0 fully saturated rings. The Morgan fingerprint density at radius 2 is 0.656 bits per heavy atom. The van der Waals surface area contributed by atoms with E-state index in [1.54, 1.807) is 0 Å². The zero-order valence-electron chi connectivity index (χ0n) is 42.3. The average molecular weight is 891 g/mol. The van der Waals surface area contributed by atoms with Crippen LogP contribution < -0.4 is 0 Å². The maximum absolute atomic E-state index is 12.6. The van der Waals surface area contributed by atoms with Gasteiger partial charge >= 0.3 is 11.9 Å². The summed E-state index contributed by atoms with van der Waals surface area (Å²) in [5.41, 5.74) is 0. The molecule has 0 bridgehead atoms. The number of carbonyl (C=O) groups excluding carboxylic acids is 2. The van der Waals surface area contributed by atoms with Gasteiger partial charge in [-0.1, -0.05) is 234 Å². The molecular weight excluding hydrogens is 789 g/mol. The molecule has 0 aliphatic carbocycles. The molecule has 1 atom stereocenters. The molecule has 0 aromatic heterocycles. The molecule has 0 radical (unpaired) electrons. The summed E-state index contributed by atoms with van der Waals surface area (Å²) in [6.45, 7) is 7.52. The number of hydrogen-bond donors (Lipinski definition) is 0. The highest BCUT2D eigenvalue weighted by Crippen LogP contribution is 2.15. The van der Waals surface area contributed by atoms with Gasteiger partial charge in [0.15, 0.2) is 0 Å². The van der Waals surface area contributed by atoms with Crippen molar-refractivity contribution in [3.63, 3.8) is 0 Å². The largest absolute Gasteiger partial charge is 0.463 e. The van der Waals surface area contributed by atoms with E-state index in [1.165, 1.54) is 135 Å². The molecule has 64 heavy (non-hydrogen) atoms. The summed E-state index contributed by atoms with van der Waals surface area (Å²) in [4.78, 5) is 25.2. The van der Waals surface area contributed by atoms with Gasteiger partial charge in [-0.05, 0) is 89.9 Å². The van der Waals surface area contributed by atoms with E-state index in [9.17, 15) is 9.59 Å². The van der Waals surface area contributed by atoms with E-state index in [1.807, 2.05) is 0 Å². The van der Waals surface area contributed by atoms with Gasteiger partial charge in [0, 0.05) is 19.4 Å². The molecule has 0 aromatic rings. The Bertz CT molecular complexity index is 1190. The highest BCUT2D eigenvalue weighted by atomic mass is 16.6. The molecule has 0 N–H and O–H groups in total. The smallest absolute Gasteiger partial charge is 0.305 e. The predicted molar refractivity (Wildman–Crippen MR) is 279 cm³/mol. The topological polar surface area (TPSA) is 61.8 Å². The second-order valence-electron chi connectivity index (χ2n) is 17.7. The molecule has 0 spiro atoms. The van der Waals surface area contributed by atoms with Crippen LogP contribution in [0.3, 0.4) is 0 Å². The molecule has 0 saturated carbocycles. The van der Waals surface area contributed by atoms with Gasteiger partial charge in [-0.3, -0.25) is 9.59 Å². The molecule has 0 unspecified atom stereocenters. The monoisotopic (exact) mass is 891 g/mol. The molecule has 5 heteroatoms. The third-order valence-electron chi connectivity index (χ3n) is 11.5. The van der Waals surface area contributed by atoms with Crippen molar-refractivity contribution >= 4 is 11.9 Å². The lowest BCUT2D eigenvalue weighted by atomic mass is 10.0. The Kier molecular flexibility index (Phi) is 51.9. The van der Waals surface area contributed by atoms with Gasteiger partial charge in [0.05, 0.1) is 0 Å². The molecule has 0 heterocycles. The summed E-state index contributed by atoms with van der Waals surface area (Å²) >= 11 is 0. The molecule has 0 amide bonds. The maximum Gasteiger partial charge on any atom is 0.305 e. The Morgan fingerprint density at radius 1 is 0.344 bits per heavy atom. The highest BCUT2D eigenvalue weighted by Gasteiger charge is 2.16. The minimum absolute atomic E-state index is 0.116. The summed E-state index contributed by atoms with van der Waals surface area (Å²) in [5, 5.41) is 0. The van der Waals surface area contributed by atoms with Crippen molar-refractivity contribution in [3.8, 4) is 0 Å². The fraction of sp³-hybridized carbons (Fsp3) is 0.729. The maximum atomic E-state index is 12.6. The van der Waals surface area contributed by atoms with Crippen LogP contribution in [0.5, 0.6) is 0 Å². The lowest BCUT2D eigenvalue weighted by molar-refractivity contribution is -0.155. The summed E-state index contributed by atoms with van der Waals surface area (Å²) in [5.74, 6) is -0.437. The van der Waals surface area contributed by atoms with Crippen molar-refractivity contribution in [2.45, 2.75) is 258 Å². The number of carbonyl (C=O) groups is 2. The first kappa shape index (κ1) is 61.1. The first-order valence-electron chi connectivity index (χ1n) is 27.1. The van der Waals surface area contributed by atoms with Crippen LogP contribution in [-0.4, -0.2) is 37.9 Å². The summed E-state index contributed by atoms with van der Waals surface area (Å²) in [7, 11) is 0. The molecule has 0 aliphatic heterocycles. The van der Waals surface area contributed by atoms with E-state index in [0.29, 0.717) is 19.4 Å². The van der Waals surface area contributed by atoms with Crippen molar-refractivity contribution in [2.24, 2.45) is 0 Å². The first-order chi connectivity index (χ1) is 31.6. The van der Waals surface area contributed by atoms with Crippen molar-refractivity contribution in [3.05, 3.63) is 85.1 Å². The first-order valence-corrected chi connectivity index (χ1v) is 27.1. The van der Waals surface area contributed by atoms with Gasteiger partial charge in [-0.25, -0.2) is 0 Å². The van der Waals surface area contributed by atoms with Gasteiger partial charge in [-0.2, -0.15) is 0 Å². The Balaban J connectivity index is 4.39. The highest BCUT2D eigenvalue weighted by molar-refractivity contribution is 5.69. The van der Waals surface area contributed by atoms with Gasteiger partial charge in [0.25, 0.3) is 0 Å². The fourth-order valence-electron chi connectivity index (χ4n) is 7.37. The normalized spacial score (nSPS) is 12.9. The summed E-state index contributed by atoms with van der Waals surface area (Å²) in [6, 6.07) is 0. The lowest BCUT2D eigenvalue weighted by Crippen LogP contribution is -2.29. The van der Waals surface area contributed by atoms with Crippen LogP contribution in [0.2, 0.25) is 0 Å². The summed E-state index contributed by atoms with van der Waals surface area (Å²) in [6.07, 6.45) is 72.0. The molecule has 0 aliphatic rings. The third-order valence-corrected chi connectivity index (χ3v) is 11.5. The number of ether oxygens (including phenoxy) is 3. The number of esters is 2. The van der Waals surface area contributed by atoms with Crippen LogP contribution in [0.15, 0.2) is 85.1 Å². The van der Waals surface area contributed by atoms with E-state index in [2.05, 4.69) is 106 Å². The summed E-state index contributed by atoms with van der Waals surface area (Å²) < 4.78 is 17.4. The van der Waals surface area contributed by atoms with Crippen LogP contribution in [0.25, 0.3) is 0 Å². The zero-order valence-corrected chi connectivity index (χ0v) is 42.3. The molecular formula is C59H102O5. The SMILES string of the molecule is CC/C=C\C/C=C\C/C=C\C/C=C\CCCCC(=O)OC[C@H](COC(=O)CCC/C=C\C/C=C\C/C=C\CCCCCCCC)OCCCCCCCCCCCCCCCCCC. The standard InChI is InChI=1S/C59H102O5/c1-4-7-10-13-16-19-22-25-28-30-32-35-38-41-44-47-50-53-59(61)64-56-57(62-54-51-48-45-42-39-36-33-29-26-23-20-17-14-11-8-5-2)55-63-58(60)52-49-46-43-40-37-34-31-27-24-21-18-15-12-9-6-3/h9,12,18,21,25,27-28,31-32,35,37,40-41,44,57H,4-8,10-11,13-17,19-20,22-24,26,29-30,33-34,36,38-39,42-43,45-56H2,1-3H3/b12-9-,21-18-,28-25-,31-27-,35-32-,40-37-,44-41-/t57-/m1/s1. The fourth-order valence-corrected chi connectivity index (χ4v) is 7.37. The third kappa shape index (κ3) is 51.7. The Labute approximate surface area is 397 Å². The van der Waals surface area contributed by atoms with Crippen LogP contribution in [-0.2, 0) is 23.8 Å². The van der Waals surface area contributed by atoms with E-state index in [4.69, 9.17) is 14.2 Å². The van der Waals surface area contributed by atoms with Crippen LogP contribution in [0, 0.1) is 0 Å². The Morgan fingerprint density at radius 3 is 1.06 bits per heavy atom.